The number of Topliss-reactive ketones (excluding diaryl/α,β-unsaturated/α-hetero) is 1. The molecule has 2 aromatic heterocycles. The van der Waals surface area contributed by atoms with Crippen molar-refractivity contribution in [2.75, 3.05) is 6.79 Å². The Morgan fingerprint density at radius 1 is 0.875 bits per heavy atom. The first-order valence-electron chi connectivity index (χ1n) is 12.9. The van der Waals surface area contributed by atoms with Crippen LogP contribution in [0.25, 0.3) is 22.3 Å². The predicted octanol–water partition coefficient (Wildman–Crippen LogP) is 6.92. The van der Waals surface area contributed by atoms with Gasteiger partial charge < -0.3 is 14.5 Å². The number of para-hydroxylation sites is 1. The number of carbonyl (C=O) groups excluding carboxylic acids is 1. The van der Waals surface area contributed by atoms with Crippen LogP contribution in [0.5, 0.6) is 11.5 Å². The van der Waals surface area contributed by atoms with Gasteiger partial charge in [-0.05, 0) is 29.3 Å². The van der Waals surface area contributed by atoms with Crippen molar-refractivity contribution >= 4 is 28.4 Å². The average molecular weight is 545 g/mol. The summed E-state index contributed by atoms with van der Waals surface area (Å²) in [6.45, 7) is 0.718. The van der Waals surface area contributed by atoms with Gasteiger partial charge in [0, 0.05) is 28.2 Å². The summed E-state index contributed by atoms with van der Waals surface area (Å²) in [7, 11) is 0. The Morgan fingerprint density at radius 2 is 1.62 bits per heavy atom. The highest BCUT2D eigenvalue weighted by Gasteiger charge is 2.29. The van der Waals surface area contributed by atoms with Gasteiger partial charge in [-0.15, -0.1) is 10.2 Å². The fourth-order valence-electron chi connectivity index (χ4n) is 4.96. The molecule has 0 radical (unpaired) electrons. The smallest absolute Gasteiger partial charge is 0.231 e. The van der Waals surface area contributed by atoms with Crippen LogP contribution in [0, 0.1) is 0 Å². The molecule has 8 heteroatoms. The van der Waals surface area contributed by atoms with Crippen LogP contribution in [-0.4, -0.2) is 32.3 Å². The van der Waals surface area contributed by atoms with Crippen LogP contribution < -0.4 is 9.47 Å². The number of nitrogens with zero attached hydrogens (tertiary/aromatic N) is 3. The van der Waals surface area contributed by atoms with Gasteiger partial charge in [-0.3, -0.25) is 9.36 Å². The maximum atomic E-state index is 14.2. The Bertz CT molecular complexity index is 1810. The van der Waals surface area contributed by atoms with Gasteiger partial charge in [0.1, 0.15) is 5.25 Å². The monoisotopic (exact) mass is 544 g/mol. The summed E-state index contributed by atoms with van der Waals surface area (Å²) in [5.74, 6) is 2.19. The standard InChI is InChI=1S/C32H24N4O3S/c37-29(25-18-33-26-14-8-7-13-24(25)26)30(22-9-3-1-4-10-22)40-32-35-34-31(23-11-5-2-6-12-23)36(32)19-21-15-16-27-28(17-21)39-20-38-27/h1-18,30,33H,19-20H2/t30-/m0/s1. The number of thioether (sulfide) groups is 1. The number of aromatic amines is 1. The van der Waals surface area contributed by atoms with Crippen LogP contribution in [0.2, 0.25) is 0 Å². The summed E-state index contributed by atoms with van der Waals surface area (Å²) >= 11 is 1.41. The second kappa shape index (κ2) is 10.4. The molecule has 0 aliphatic carbocycles. The lowest BCUT2D eigenvalue weighted by molar-refractivity contribution is 0.0991. The first-order valence-corrected chi connectivity index (χ1v) is 13.8. The molecule has 1 aliphatic heterocycles. The zero-order chi connectivity index (χ0) is 26.9. The third kappa shape index (κ3) is 4.52. The van der Waals surface area contributed by atoms with Crippen LogP contribution in [-0.2, 0) is 6.54 Å². The maximum absolute atomic E-state index is 14.2. The van der Waals surface area contributed by atoms with Crippen molar-refractivity contribution in [1.29, 1.82) is 0 Å². The van der Waals surface area contributed by atoms with Crippen molar-refractivity contribution in [2.24, 2.45) is 0 Å². The summed E-state index contributed by atoms with van der Waals surface area (Å²) < 4.78 is 13.2. The van der Waals surface area contributed by atoms with Gasteiger partial charge in [0.15, 0.2) is 28.3 Å². The largest absolute Gasteiger partial charge is 0.454 e. The Hall–Kier alpha value is -4.82. The maximum Gasteiger partial charge on any atom is 0.231 e. The molecule has 0 amide bonds. The molecule has 1 atom stereocenters. The zero-order valence-electron chi connectivity index (χ0n) is 21.4. The number of hydrogen-bond acceptors (Lipinski definition) is 6. The van der Waals surface area contributed by atoms with E-state index in [0.29, 0.717) is 17.3 Å². The summed E-state index contributed by atoms with van der Waals surface area (Å²) in [4.78, 5) is 17.4. The van der Waals surface area contributed by atoms with E-state index in [0.717, 1.165) is 44.9 Å². The van der Waals surface area contributed by atoms with Crippen molar-refractivity contribution < 1.29 is 14.3 Å². The topological polar surface area (TPSA) is 82.0 Å². The van der Waals surface area contributed by atoms with Gasteiger partial charge >= 0.3 is 0 Å². The Morgan fingerprint density at radius 3 is 2.48 bits per heavy atom. The van der Waals surface area contributed by atoms with Crippen LogP contribution in [0.4, 0.5) is 0 Å². The third-order valence-electron chi connectivity index (χ3n) is 6.94. The molecule has 6 aromatic rings. The number of nitrogens with one attached hydrogen (secondary N) is 1. The van der Waals surface area contributed by atoms with E-state index in [9.17, 15) is 4.79 Å². The molecule has 0 unspecified atom stereocenters. The summed E-state index contributed by atoms with van der Waals surface area (Å²) in [5.41, 5.74) is 4.45. The number of ketones is 1. The Kier molecular flexibility index (Phi) is 6.30. The van der Waals surface area contributed by atoms with E-state index in [-0.39, 0.29) is 12.6 Å². The molecule has 0 bridgehead atoms. The lowest BCUT2D eigenvalue weighted by Crippen LogP contribution is -2.12. The van der Waals surface area contributed by atoms with Gasteiger partial charge in [-0.1, -0.05) is 96.7 Å². The summed E-state index contributed by atoms with van der Waals surface area (Å²) in [5, 5.41) is 10.2. The number of fused-ring (bicyclic) bond motifs is 2. The lowest BCUT2D eigenvalue weighted by atomic mass is 10.0. The molecule has 0 saturated carbocycles. The first kappa shape index (κ1) is 24.2. The van der Waals surface area contributed by atoms with Gasteiger partial charge in [-0.25, -0.2) is 0 Å². The minimum atomic E-state index is -0.524. The number of aromatic nitrogens is 4. The van der Waals surface area contributed by atoms with Gasteiger partial charge in [-0.2, -0.15) is 0 Å². The number of benzene rings is 4. The average Bonchev–Trinajstić information content (AvgIpc) is 3.75. The highest BCUT2D eigenvalue weighted by atomic mass is 32.2. The summed E-state index contributed by atoms with van der Waals surface area (Å²) in [6, 6.07) is 33.6. The predicted molar refractivity (Wildman–Crippen MR) is 155 cm³/mol. The van der Waals surface area contributed by atoms with Crippen molar-refractivity contribution in [3.63, 3.8) is 0 Å². The molecule has 0 saturated heterocycles. The van der Waals surface area contributed by atoms with E-state index in [1.54, 1.807) is 6.20 Å². The SMILES string of the molecule is O=C(c1c[nH]c2ccccc12)[C@@H](Sc1nnc(-c2ccccc2)n1Cc1ccc2c(c1)OCO2)c1ccccc1. The van der Waals surface area contributed by atoms with Crippen molar-refractivity contribution in [1.82, 2.24) is 19.7 Å². The van der Waals surface area contributed by atoms with Crippen molar-refractivity contribution in [2.45, 2.75) is 17.0 Å². The number of ether oxygens (including phenoxy) is 2. The second-order valence-corrected chi connectivity index (χ2v) is 10.5. The number of H-pyrrole nitrogens is 1. The Labute approximate surface area is 234 Å². The number of hydrogen-bond donors (Lipinski definition) is 1. The van der Waals surface area contributed by atoms with Gasteiger partial charge in [0.25, 0.3) is 0 Å². The van der Waals surface area contributed by atoms with E-state index >= 15 is 0 Å². The molecule has 1 aliphatic rings. The third-order valence-corrected chi connectivity index (χ3v) is 8.18. The molecule has 3 heterocycles. The van der Waals surface area contributed by atoms with Crippen LogP contribution in [0.1, 0.15) is 26.7 Å². The summed E-state index contributed by atoms with van der Waals surface area (Å²) in [6.07, 6.45) is 1.80. The molecule has 7 nitrogen and oxygen atoms in total. The fraction of sp³-hybridized carbons (Fsp3) is 0.0938. The number of carbonyl (C=O) groups is 1. The molecular weight excluding hydrogens is 520 g/mol. The molecular formula is C32H24N4O3S. The van der Waals surface area contributed by atoms with Crippen LogP contribution in [0.15, 0.2) is 114 Å². The van der Waals surface area contributed by atoms with Gasteiger partial charge in [0.05, 0.1) is 6.54 Å². The molecule has 40 heavy (non-hydrogen) atoms. The molecule has 4 aromatic carbocycles. The first-order chi connectivity index (χ1) is 19.7. The van der Waals surface area contributed by atoms with Crippen LogP contribution >= 0.6 is 11.8 Å². The van der Waals surface area contributed by atoms with Crippen molar-refractivity contribution in [3.05, 3.63) is 126 Å². The lowest BCUT2D eigenvalue weighted by Gasteiger charge is -2.17. The highest BCUT2D eigenvalue weighted by molar-refractivity contribution is 8.00. The van der Waals surface area contributed by atoms with Crippen LogP contribution in [0.3, 0.4) is 0 Å². The van der Waals surface area contributed by atoms with E-state index in [2.05, 4.69) is 19.7 Å². The van der Waals surface area contributed by atoms with Gasteiger partial charge in [0.2, 0.25) is 6.79 Å². The van der Waals surface area contributed by atoms with E-state index in [1.165, 1.54) is 11.8 Å². The van der Waals surface area contributed by atoms with Crippen molar-refractivity contribution in [3.8, 4) is 22.9 Å². The quantitative estimate of drug-likeness (QED) is 0.165. The fourth-order valence-corrected chi connectivity index (χ4v) is 6.07. The molecule has 1 N–H and O–H groups in total. The highest BCUT2D eigenvalue weighted by Crippen LogP contribution is 2.40. The minimum absolute atomic E-state index is 0.00698. The molecule has 0 fully saturated rings. The molecule has 7 rings (SSSR count). The van der Waals surface area contributed by atoms with E-state index in [4.69, 9.17) is 9.47 Å². The molecule has 196 valence electrons. The van der Waals surface area contributed by atoms with E-state index < -0.39 is 5.25 Å². The normalized spacial score (nSPS) is 13.0. The number of rotatable bonds is 8. The Balaban J connectivity index is 1.31. The molecule has 0 spiro atoms. The minimum Gasteiger partial charge on any atom is -0.454 e. The second-order valence-electron chi connectivity index (χ2n) is 9.47. The zero-order valence-corrected chi connectivity index (χ0v) is 22.2. The van der Waals surface area contributed by atoms with E-state index in [1.807, 2.05) is 103 Å².